The molecule has 0 N–H and O–H groups in total. The molecule has 1 saturated carbocycles. The number of hydrogen-bond acceptors (Lipinski definition) is 5. The second kappa shape index (κ2) is 6.12. The number of aliphatic imine (C=N–C) groups is 1. The molecule has 2 aliphatic rings. The van der Waals surface area contributed by atoms with Gasteiger partial charge in [0.2, 0.25) is 6.08 Å². The molecule has 21 heavy (non-hydrogen) atoms. The molecule has 0 aromatic heterocycles. The van der Waals surface area contributed by atoms with Crippen molar-refractivity contribution in [2.75, 3.05) is 18.6 Å². The van der Waals surface area contributed by atoms with Crippen LogP contribution in [0.15, 0.2) is 23.2 Å². The lowest BCUT2D eigenvalue weighted by atomic mass is 10.0. The molecule has 1 saturated heterocycles. The van der Waals surface area contributed by atoms with Gasteiger partial charge in [-0.2, -0.15) is 16.8 Å². The van der Waals surface area contributed by atoms with E-state index in [-0.39, 0.29) is 11.6 Å². The van der Waals surface area contributed by atoms with E-state index < -0.39 is 0 Å². The number of thioether (sulfide) groups is 1. The summed E-state index contributed by atoms with van der Waals surface area (Å²) in [4.78, 5) is 14.5. The van der Waals surface area contributed by atoms with Crippen molar-refractivity contribution in [2.24, 2.45) is 4.99 Å². The number of methoxy groups -OCH3 is 1. The molecule has 1 heterocycles. The number of isocyanates is 1. The minimum atomic E-state index is -0.366. The van der Waals surface area contributed by atoms with Crippen LogP contribution in [0.2, 0.25) is 0 Å². The first kappa shape index (κ1) is 14.5. The molecular formula is C16H19NO3S. The Kier molecular flexibility index (Phi) is 4.22. The Balaban J connectivity index is 1.80. The highest BCUT2D eigenvalue weighted by molar-refractivity contribution is 7.99. The molecule has 0 atom stereocenters. The predicted molar refractivity (Wildman–Crippen MR) is 83.0 cm³/mol. The Bertz CT molecular complexity index is 559. The Labute approximate surface area is 128 Å². The zero-order valence-corrected chi connectivity index (χ0v) is 12.9. The van der Waals surface area contributed by atoms with E-state index in [0.29, 0.717) is 0 Å². The Morgan fingerprint density at radius 1 is 1.29 bits per heavy atom. The molecule has 1 aliphatic heterocycles. The van der Waals surface area contributed by atoms with Crippen molar-refractivity contribution in [1.82, 2.24) is 0 Å². The number of rotatable bonds is 5. The van der Waals surface area contributed by atoms with E-state index in [4.69, 9.17) is 9.47 Å². The molecule has 112 valence electrons. The molecule has 0 bridgehead atoms. The predicted octanol–water partition coefficient (Wildman–Crippen LogP) is 3.29. The molecule has 0 radical (unpaired) electrons. The van der Waals surface area contributed by atoms with Gasteiger partial charge in [0.05, 0.1) is 12.6 Å². The fraction of sp³-hybridized carbons (Fsp3) is 0.562. The fourth-order valence-electron chi connectivity index (χ4n) is 2.70. The first-order valence-corrected chi connectivity index (χ1v) is 8.45. The van der Waals surface area contributed by atoms with E-state index >= 15 is 0 Å². The lowest BCUT2D eigenvalue weighted by Gasteiger charge is -2.24. The van der Waals surface area contributed by atoms with Crippen LogP contribution in [-0.2, 0) is 10.3 Å². The minimum absolute atomic E-state index is 0.272. The lowest BCUT2D eigenvalue weighted by molar-refractivity contribution is 0.184. The second-order valence-corrected chi connectivity index (χ2v) is 6.75. The van der Waals surface area contributed by atoms with Crippen molar-refractivity contribution in [3.8, 4) is 11.5 Å². The van der Waals surface area contributed by atoms with Crippen LogP contribution in [0.1, 0.15) is 31.2 Å². The SMILES string of the molecule is COc1cc(C2(N=C=O)CC2)ccc1OC1CCSCC1. The molecule has 5 heteroatoms. The third-order valence-corrected chi connectivity index (χ3v) is 5.19. The van der Waals surface area contributed by atoms with Gasteiger partial charge < -0.3 is 9.47 Å². The average molecular weight is 305 g/mol. The number of nitrogens with zero attached hydrogens (tertiary/aromatic N) is 1. The van der Waals surface area contributed by atoms with Gasteiger partial charge >= 0.3 is 0 Å². The van der Waals surface area contributed by atoms with Gasteiger partial charge in [-0.15, -0.1) is 0 Å². The van der Waals surface area contributed by atoms with Crippen LogP contribution in [0, 0.1) is 0 Å². The van der Waals surface area contributed by atoms with Gasteiger partial charge in [0.15, 0.2) is 11.5 Å². The smallest absolute Gasteiger partial charge is 0.235 e. The van der Waals surface area contributed by atoms with Gasteiger partial charge in [-0.3, -0.25) is 0 Å². The van der Waals surface area contributed by atoms with Crippen LogP contribution >= 0.6 is 11.8 Å². The fourth-order valence-corrected chi connectivity index (χ4v) is 3.76. The largest absolute Gasteiger partial charge is 0.493 e. The maximum Gasteiger partial charge on any atom is 0.235 e. The van der Waals surface area contributed by atoms with Gasteiger partial charge in [-0.1, -0.05) is 6.07 Å². The van der Waals surface area contributed by atoms with Gasteiger partial charge in [-0.25, -0.2) is 4.79 Å². The zero-order valence-electron chi connectivity index (χ0n) is 12.1. The van der Waals surface area contributed by atoms with E-state index in [9.17, 15) is 4.79 Å². The highest BCUT2D eigenvalue weighted by atomic mass is 32.2. The summed E-state index contributed by atoms with van der Waals surface area (Å²) in [5.41, 5.74) is 0.643. The molecule has 4 nitrogen and oxygen atoms in total. The molecule has 0 unspecified atom stereocenters. The van der Waals surface area contributed by atoms with E-state index in [1.165, 1.54) is 0 Å². The maximum absolute atomic E-state index is 10.6. The third-order valence-electron chi connectivity index (χ3n) is 4.15. The summed E-state index contributed by atoms with van der Waals surface area (Å²) >= 11 is 1.98. The van der Waals surface area contributed by atoms with E-state index in [1.807, 2.05) is 30.0 Å². The van der Waals surface area contributed by atoms with Crippen molar-refractivity contribution in [3.05, 3.63) is 23.8 Å². The first-order valence-electron chi connectivity index (χ1n) is 7.29. The molecule has 0 amide bonds. The zero-order chi connectivity index (χ0) is 14.7. The monoisotopic (exact) mass is 305 g/mol. The molecule has 2 fully saturated rings. The maximum atomic E-state index is 10.6. The van der Waals surface area contributed by atoms with Gasteiger partial charge in [0.1, 0.15) is 6.10 Å². The van der Waals surface area contributed by atoms with Crippen molar-refractivity contribution in [1.29, 1.82) is 0 Å². The molecule has 1 aromatic rings. The quantitative estimate of drug-likeness (QED) is 0.618. The van der Waals surface area contributed by atoms with Crippen LogP contribution in [0.5, 0.6) is 11.5 Å². The van der Waals surface area contributed by atoms with Gasteiger partial charge in [0.25, 0.3) is 0 Å². The molecule has 1 aromatic carbocycles. The number of benzene rings is 1. The minimum Gasteiger partial charge on any atom is -0.493 e. The van der Waals surface area contributed by atoms with E-state index in [1.54, 1.807) is 13.2 Å². The molecule has 0 spiro atoms. The van der Waals surface area contributed by atoms with Gasteiger partial charge in [-0.05, 0) is 54.9 Å². The summed E-state index contributed by atoms with van der Waals surface area (Å²) < 4.78 is 11.5. The van der Waals surface area contributed by atoms with Crippen LogP contribution in [-0.4, -0.2) is 30.8 Å². The summed E-state index contributed by atoms with van der Waals surface area (Å²) in [6.07, 6.45) is 5.90. The Hall–Kier alpha value is -1.45. The van der Waals surface area contributed by atoms with Crippen LogP contribution < -0.4 is 9.47 Å². The van der Waals surface area contributed by atoms with Crippen molar-refractivity contribution in [3.63, 3.8) is 0 Å². The number of ether oxygens (including phenoxy) is 2. The highest BCUT2D eigenvalue weighted by Gasteiger charge is 2.45. The average Bonchev–Trinajstić information content (AvgIpc) is 3.30. The van der Waals surface area contributed by atoms with E-state index in [0.717, 1.165) is 54.3 Å². The summed E-state index contributed by atoms with van der Waals surface area (Å²) in [7, 11) is 1.64. The van der Waals surface area contributed by atoms with Crippen LogP contribution in [0.3, 0.4) is 0 Å². The van der Waals surface area contributed by atoms with Crippen LogP contribution in [0.4, 0.5) is 0 Å². The normalized spacial score (nSPS) is 20.4. The van der Waals surface area contributed by atoms with Crippen molar-refractivity contribution < 1.29 is 14.3 Å². The first-order chi connectivity index (χ1) is 10.3. The summed E-state index contributed by atoms with van der Waals surface area (Å²) in [6, 6.07) is 5.88. The summed E-state index contributed by atoms with van der Waals surface area (Å²) in [5.74, 6) is 3.81. The highest BCUT2D eigenvalue weighted by Crippen LogP contribution is 2.50. The van der Waals surface area contributed by atoms with Crippen molar-refractivity contribution >= 4 is 17.8 Å². The third kappa shape index (κ3) is 3.09. The Morgan fingerprint density at radius 2 is 2.05 bits per heavy atom. The van der Waals surface area contributed by atoms with Gasteiger partial charge in [0, 0.05) is 0 Å². The number of hydrogen-bond donors (Lipinski definition) is 0. The van der Waals surface area contributed by atoms with Crippen molar-refractivity contribution in [2.45, 2.75) is 37.3 Å². The second-order valence-electron chi connectivity index (χ2n) is 5.53. The van der Waals surface area contributed by atoms with E-state index in [2.05, 4.69) is 4.99 Å². The summed E-state index contributed by atoms with van der Waals surface area (Å²) in [6.45, 7) is 0. The molecular weight excluding hydrogens is 286 g/mol. The Morgan fingerprint density at radius 3 is 2.67 bits per heavy atom. The molecule has 1 aliphatic carbocycles. The lowest BCUT2D eigenvalue weighted by Crippen LogP contribution is -2.22. The summed E-state index contributed by atoms with van der Waals surface area (Å²) in [5, 5.41) is 0. The topological polar surface area (TPSA) is 47.9 Å². The van der Waals surface area contributed by atoms with Crippen LogP contribution in [0.25, 0.3) is 0 Å². The standard InChI is InChI=1S/C16H19NO3S/c1-19-15-10-12(16(6-7-16)17-11-18)2-3-14(15)20-13-4-8-21-9-5-13/h2-3,10,13H,4-9H2,1H3. The number of carbonyl (C=O) groups excluding carboxylic acids is 1. The molecule has 3 rings (SSSR count).